The molecule has 0 bridgehead atoms. The largest absolute Gasteiger partial charge is 0.369 e. The van der Waals surface area contributed by atoms with E-state index in [0.717, 1.165) is 0 Å². The molecule has 0 aromatic carbocycles. The van der Waals surface area contributed by atoms with Gasteiger partial charge in [-0.1, -0.05) is 6.08 Å². The predicted octanol–water partition coefficient (Wildman–Crippen LogP) is -0.300. The number of piperidine rings is 1. The lowest BCUT2D eigenvalue weighted by molar-refractivity contribution is -0.134. The molecule has 1 fully saturated rings. The van der Waals surface area contributed by atoms with Gasteiger partial charge in [-0.3, -0.25) is 9.59 Å². The number of hydrogen-bond acceptors (Lipinski definition) is 4. The molecule has 0 radical (unpaired) electrons. The molecule has 2 N–H and O–H groups in total. The number of amides is 2. The van der Waals surface area contributed by atoms with Crippen LogP contribution in [0.5, 0.6) is 0 Å². The van der Waals surface area contributed by atoms with Crippen LogP contribution in [0.1, 0.15) is 19.8 Å². The summed E-state index contributed by atoms with van der Waals surface area (Å²) in [7, 11) is -3.49. The molecule has 108 valence electrons. The second-order valence-corrected chi connectivity index (χ2v) is 7.13. The number of hydrogen-bond donors (Lipinski definition) is 1. The first-order valence-electron chi connectivity index (χ1n) is 6.20. The lowest BCUT2D eigenvalue weighted by atomic mass is 9.96. The van der Waals surface area contributed by atoms with Gasteiger partial charge in [-0.05, 0) is 19.8 Å². The van der Waals surface area contributed by atoms with E-state index in [1.165, 1.54) is 17.9 Å². The van der Waals surface area contributed by atoms with Crippen molar-refractivity contribution in [3.63, 3.8) is 0 Å². The van der Waals surface area contributed by atoms with Crippen LogP contribution in [0, 0.1) is 5.92 Å². The number of carbonyl (C=O) groups is 2. The van der Waals surface area contributed by atoms with Crippen molar-refractivity contribution in [2.75, 3.05) is 18.8 Å². The Morgan fingerprint density at radius 3 is 2.37 bits per heavy atom. The smallest absolute Gasteiger partial charge is 0.240 e. The van der Waals surface area contributed by atoms with Gasteiger partial charge in [-0.25, -0.2) is 8.42 Å². The van der Waals surface area contributed by atoms with Crippen LogP contribution in [0.4, 0.5) is 0 Å². The summed E-state index contributed by atoms with van der Waals surface area (Å²) in [4.78, 5) is 24.6. The maximum absolute atomic E-state index is 12.1. The second kappa shape index (κ2) is 6.18. The molecular formula is C12H20N2O4S. The van der Waals surface area contributed by atoms with Crippen LogP contribution in [-0.2, 0) is 19.4 Å². The van der Waals surface area contributed by atoms with Crippen molar-refractivity contribution in [3.8, 4) is 0 Å². The number of likely N-dealkylation sites (tertiary alicyclic amines) is 1. The Morgan fingerprint density at radius 1 is 1.42 bits per heavy atom. The first-order chi connectivity index (χ1) is 8.79. The first-order valence-corrected chi connectivity index (χ1v) is 7.91. The van der Waals surface area contributed by atoms with Crippen molar-refractivity contribution in [2.45, 2.75) is 25.0 Å². The van der Waals surface area contributed by atoms with E-state index in [0.29, 0.717) is 25.9 Å². The minimum absolute atomic E-state index is 0.211. The molecule has 1 heterocycles. The monoisotopic (exact) mass is 288 g/mol. The van der Waals surface area contributed by atoms with Gasteiger partial charge in [0.2, 0.25) is 11.8 Å². The zero-order valence-electron chi connectivity index (χ0n) is 11.0. The van der Waals surface area contributed by atoms with E-state index in [-0.39, 0.29) is 17.6 Å². The SMILES string of the molecule is C=CCS(=O)(=O)C(C)C(=O)N1CCC(C(N)=O)CC1. The van der Waals surface area contributed by atoms with E-state index in [4.69, 9.17) is 5.73 Å². The molecule has 1 aliphatic heterocycles. The van der Waals surface area contributed by atoms with Gasteiger partial charge in [0.1, 0.15) is 5.25 Å². The topological polar surface area (TPSA) is 97.5 Å². The third-order valence-electron chi connectivity index (χ3n) is 3.45. The van der Waals surface area contributed by atoms with Gasteiger partial charge >= 0.3 is 0 Å². The van der Waals surface area contributed by atoms with Gasteiger partial charge in [0.05, 0.1) is 5.75 Å². The normalized spacial score (nSPS) is 18.9. The Balaban J connectivity index is 2.65. The van der Waals surface area contributed by atoms with Crippen molar-refractivity contribution in [1.29, 1.82) is 0 Å². The quantitative estimate of drug-likeness (QED) is 0.702. The van der Waals surface area contributed by atoms with E-state index in [2.05, 4.69) is 6.58 Å². The Labute approximate surface area is 113 Å². The third-order valence-corrected chi connectivity index (χ3v) is 5.42. The van der Waals surface area contributed by atoms with Gasteiger partial charge in [-0.2, -0.15) is 0 Å². The first kappa shape index (κ1) is 15.7. The van der Waals surface area contributed by atoms with Crippen molar-refractivity contribution in [3.05, 3.63) is 12.7 Å². The Hall–Kier alpha value is -1.37. The van der Waals surface area contributed by atoms with Crippen LogP contribution in [-0.4, -0.2) is 49.2 Å². The summed E-state index contributed by atoms with van der Waals surface area (Å²) in [5.41, 5.74) is 5.21. The average Bonchev–Trinajstić information content (AvgIpc) is 2.37. The molecular weight excluding hydrogens is 268 g/mol. The minimum atomic E-state index is -3.49. The summed E-state index contributed by atoms with van der Waals surface area (Å²) < 4.78 is 23.6. The number of nitrogens with zero attached hydrogens (tertiary/aromatic N) is 1. The van der Waals surface area contributed by atoms with Gasteiger partial charge in [-0.15, -0.1) is 6.58 Å². The molecule has 7 heteroatoms. The molecule has 1 rings (SSSR count). The van der Waals surface area contributed by atoms with Gasteiger partial charge in [0.25, 0.3) is 0 Å². The van der Waals surface area contributed by atoms with E-state index >= 15 is 0 Å². The zero-order valence-corrected chi connectivity index (χ0v) is 11.9. The highest BCUT2D eigenvalue weighted by molar-refractivity contribution is 7.92. The van der Waals surface area contributed by atoms with Crippen LogP contribution >= 0.6 is 0 Å². The van der Waals surface area contributed by atoms with Crippen LogP contribution in [0.15, 0.2) is 12.7 Å². The van der Waals surface area contributed by atoms with E-state index in [1.54, 1.807) is 0 Å². The second-order valence-electron chi connectivity index (χ2n) is 4.76. The minimum Gasteiger partial charge on any atom is -0.369 e. The highest BCUT2D eigenvalue weighted by atomic mass is 32.2. The van der Waals surface area contributed by atoms with Gasteiger partial charge < -0.3 is 10.6 Å². The third kappa shape index (κ3) is 3.79. The van der Waals surface area contributed by atoms with Crippen LogP contribution in [0.2, 0.25) is 0 Å². The summed E-state index contributed by atoms with van der Waals surface area (Å²) in [6.07, 6.45) is 2.27. The van der Waals surface area contributed by atoms with Crippen molar-refractivity contribution in [1.82, 2.24) is 4.90 Å². The summed E-state index contributed by atoms with van der Waals surface area (Å²) in [6.45, 7) is 5.51. The van der Waals surface area contributed by atoms with Crippen LogP contribution in [0.3, 0.4) is 0 Å². The fourth-order valence-electron chi connectivity index (χ4n) is 2.10. The predicted molar refractivity (Wildman–Crippen MR) is 71.9 cm³/mol. The Kier molecular flexibility index (Phi) is 5.11. The van der Waals surface area contributed by atoms with E-state index < -0.39 is 21.0 Å². The standard InChI is InChI=1S/C12H20N2O4S/c1-3-8-19(17,18)9(2)12(16)14-6-4-10(5-7-14)11(13)15/h3,9-10H,1,4-8H2,2H3,(H2,13,15). The number of carbonyl (C=O) groups excluding carboxylic acids is 2. The number of primary amides is 1. The number of rotatable bonds is 5. The van der Waals surface area contributed by atoms with Crippen molar-refractivity contribution < 1.29 is 18.0 Å². The lowest BCUT2D eigenvalue weighted by Gasteiger charge is -2.32. The van der Waals surface area contributed by atoms with Crippen LogP contribution in [0.25, 0.3) is 0 Å². The van der Waals surface area contributed by atoms with Gasteiger partial charge in [0, 0.05) is 19.0 Å². The fourth-order valence-corrected chi connectivity index (χ4v) is 3.18. The molecule has 0 aromatic rings. The molecule has 1 unspecified atom stereocenters. The molecule has 19 heavy (non-hydrogen) atoms. The molecule has 0 spiro atoms. The van der Waals surface area contributed by atoms with Crippen LogP contribution < -0.4 is 5.73 Å². The van der Waals surface area contributed by atoms with E-state index in [9.17, 15) is 18.0 Å². The summed E-state index contributed by atoms with van der Waals surface area (Å²) in [5, 5.41) is -1.07. The Bertz CT molecular complexity index is 464. The lowest BCUT2D eigenvalue weighted by Crippen LogP contribution is -2.47. The number of nitrogens with two attached hydrogens (primary N) is 1. The van der Waals surface area contributed by atoms with Crippen molar-refractivity contribution in [2.24, 2.45) is 11.7 Å². The summed E-state index contributed by atoms with van der Waals surface area (Å²) in [6, 6.07) is 0. The highest BCUT2D eigenvalue weighted by Crippen LogP contribution is 2.18. The fraction of sp³-hybridized carbons (Fsp3) is 0.667. The zero-order chi connectivity index (χ0) is 14.6. The summed E-state index contributed by atoms with van der Waals surface area (Å²) >= 11 is 0. The molecule has 2 amide bonds. The maximum Gasteiger partial charge on any atom is 0.240 e. The molecule has 6 nitrogen and oxygen atoms in total. The molecule has 1 saturated heterocycles. The molecule has 0 aliphatic carbocycles. The maximum atomic E-state index is 12.1. The Morgan fingerprint density at radius 2 is 1.95 bits per heavy atom. The molecule has 1 aliphatic rings. The molecule has 1 atom stereocenters. The summed E-state index contributed by atoms with van der Waals surface area (Å²) in [5.74, 6) is -1.20. The highest BCUT2D eigenvalue weighted by Gasteiger charge is 2.33. The van der Waals surface area contributed by atoms with Crippen molar-refractivity contribution >= 4 is 21.7 Å². The number of sulfone groups is 1. The average molecular weight is 288 g/mol. The molecule has 0 saturated carbocycles. The van der Waals surface area contributed by atoms with Gasteiger partial charge in [0.15, 0.2) is 9.84 Å². The van der Waals surface area contributed by atoms with E-state index in [1.807, 2.05) is 0 Å². The molecule has 0 aromatic heterocycles.